The number of ether oxygens (including phenoxy) is 1. The molecule has 0 bridgehead atoms. The van der Waals surface area contributed by atoms with Gasteiger partial charge in [0.05, 0.1) is 6.61 Å². The van der Waals surface area contributed by atoms with Crippen LogP contribution in [0.25, 0.3) is 0 Å². The first-order chi connectivity index (χ1) is 4.04. The summed E-state index contributed by atoms with van der Waals surface area (Å²) in [4.78, 5) is 0. The Balaban J connectivity index is 2.62. The normalized spacial score (nSPS) is 35.3. The number of hydrogen-bond donors (Lipinski definition) is 2. The molecule has 0 aromatic heterocycles. The molecular weight excluding hydrogens is 138 g/mol. The van der Waals surface area contributed by atoms with Gasteiger partial charge in [0, 0.05) is 0 Å². The van der Waals surface area contributed by atoms with E-state index in [1.807, 2.05) is 0 Å². The summed E-state index contributed by atoms with van der Waals surface area (Å²) < 4.78 is 5.16. The zero-order valence-electron chi connectivity index (χ0n) is 5.53. The molecule has 1 N–H and O–H groups in total. The molecule has 1 atom stereocenters. The van der Waals surface area contributed by atoms with Gasteiger partial charge in [0.15, 0.2) is 0 Å². The van der Waals surface area contributed by atoms with Gasteiger partial charge >= 0.3 is 0 Å². The lowest BCUT2D eigenvalue weighted by Gasteiger charge is -2.24. The maximum Gasteiger partial charge on any atom is 0.139 e. The summed E-state index contributed by atoms with van der Waals surface area (Å²) in [5.74, 6) is 0. The molecule has 1 saturated heterocycles. The highest BCUT2D eigenvalue weighted by Crippen LogP contribution is 2.25. The molecule has 54 valence electrons. The minimum Gasteiger partial charge on any atom is -0.356 e. The lowest BCUT2D eigenvalue weighted by atomic mass is 10.3. The van der Waals surface area contributed by atoms with Crippen molar-refractivity contribution in [2.45, 2.75) is 24.9 Å². The largest absolute Gasteiger partial charge is 0.356 e. The highest BCUT2D eigenvalue weighted by atomic mass is 32.1. The van der Waals surface area contributed by atoms with E-state index in [-0.39, 0.29) is 5.37 Å². The van der Waals surface area contributed by atoms with Gasteiger partial charge in [-0.3, -0.25) is 0 Å². The van der Waals surface area contributed by atoms with Crippen molar-refractivity contribution in [1.29, 1.82) is 0 Å². The Morgan fingerprint density at radius 2 is 2.33 bits per heavy atom. The van der Waals surface area contributed by atoms with Crippen molar-refractivity contribution in [3.05, 3.63) is 0 Å². The van der Waals surface area contributed by atoms with Gasteiger partial charge in [0.25, 0.3) is 0 Å². The van der Waals surface area contributed by atoms with Crippen molar-refractivity contribution >= 4 is 12.6 Å². The zero-order valence-corrected chi connectivity index (χ0v) is 6.43. The van der Waals surface area contributed by atoms with Crippen molar-refractivity contribution in [3.8, 4) is 0 Å². The Morgan fingerprint density at radius 1 is 1.78 bits per heavy atom. The summed E-state index contributed by atoms with van der Waals surface area (Å²) in [6.07, 6.45) is 0. The van der Waals surface area contributed by atoms with E-state index in [0.717, 1.165) is 5.06 Å². The number of hydroxylamine groups is 2. The summed E-state index contributed by atoms with van der Waals surface area (Å²) in [5.41, 5.74) is -0.563. The van der Waals surface area contributed by atoms with Crippen molar-refractivity contribution < 1.29 is 9.94 Å². The topological polar surface area (TPSA) is 32.7 Å². The Labute approximate surface area is 60.0 Å². The van der Waals surface area contributed by atoms with Crippen LogP contribution in [0.2, 0.25) is 0 Å². The van der Waals surface area contributed by atoms with Gasteiger partial charge in [-0.2, -0.15) is 12.6 Å². The fourth-order valence-electron chi connectivity index (χ4n) is 0.774. The van der Waals surface area contributed by atoms with Crippen LogP contribution in [0.5, 0.6) is 0 Å². The first-order valence-corrected chi connectivity index (χ1v) is 3.36. The molecule has 0 spiro atoms. The molecule has 0 aliphatic carbocycles. The van der Waals surface area contributed by atoms with Gasteiger partial charge < -0.3 is 9.94 Å². The van der Waals surface area contributed by atoms with E-state index in [4.69, 9.17) is 9.94 Å². The second kappa shape index (κ2) is 2.12. The molecule has 4 heteroatoms. The molecule has 0 amide bonds. The maximum absolute atomic E-state index is 9.16. The first-order valence-electron chi connectivity index (χ1n) is 2.84. The van der Waals surface area contributed by atoms with Crippen LogP contribution in [-0.2, 0) is 4.74 Å². The Morgan fingerprint density at radius 3 is 2.44 bits per heavy atom. The Kier molecular flexibility index (Phi) is 1.73. The van der Waals surface area contributed by atoms with Crippen LogP contribution >= 0.6 is 12.6 Å². The molecule has 1 unspecified atom stereocenters. The molecule has 0 saturated carbocycles. The van der Waals surface area contributed by atoms with Gasteiger partial charge in [0.2, 0.25) is 0 Å². The molecule has 1 fully saturated rings. The minimum absolute atomic E-state index is 0.181. The van der Waals surface area contributed by atoms with E-state index in [1.165, 1.54) is 0 Å². The SMILES string of the molecule is CC1(C)OCC(S)N1O. The maximum atomic E-state index is 9.16. The van der Waals surface area contributed by atoms with Crippen LogP contribution in [0.1, 0.15) is 13.8 Å². The van der Waals surface area contributed by atoms with E-state index >= 15 is 0 Å². The predicted molar refractivity (Wildman–Crippen MR) is 36.4 cm³/mol. The standard InChI is InChI=1S/C5H11NO2S/c1-5(2)6(7)4(9)3-8-5/h4,7,9H,3H2,1-2H3. The molecule has 1 aliphatic heterocycles. The van der Waals surface area contributed by atoms with Gasteiger partial charge in [-0.15, -0.1) is 5.06 Å². The molecule has 1 rings (SSSR count). The van der Waals surface area contributed by atoms with E-state index in [1.54, 1.807) is 13.8 Å². The van der Waals surface area contributed by atoms with E-state index in [2.05, 4.69) is 12.6 Å². The quantitative estimate of drug-likeness (QED) is 0.497. The van der Waals surface area contributed by atoms with Crippen LogP contribution in [-0.4, -0.2) is 28.0 Å². The minimum atomic E-state index is -0.563. The summed E-state index contributed by atoms with van der Waals surface area (Å²) in [6, 6.07) is 0. The number of hydrogen-bond acceptors (Lipinski definition) is 4. The third-order valence-corrected chi connectivity index (χ3v) is 1.79. The van der Waals surface area contributed by atoms with E-state index in [0.29, 0.717) is 6.61 Å². The highest BCUT2D eigenvalue weighted by molar-refractivity contribution is 7.80. The summed E-state index contributed by atoms with van der Waals surface area (Å²) in [5, 5.41) is 10.1. The Bertz CT molecular complexity index is 118. The number of nitrogens with zero attached hydrogens (tertiary/aromatic N) is 1. The Hall–Kier alpha value is 0.230. The van der Waals surface area contributed by atoms with Crippen molar-refractivity contribution in [3.63, 3.8) is 0 Å². The van der Waals surface area contributed by atoms with Crippen molar-refractivity contribution in [2.75, 3.05) is 6.61 Å². The lowest BCUT2D eigenvalue weighted by Crippen LogP contribution is -2.38. The third kappa shape index (κ3) is 1.21. The van der Waals surface area contributed by atoms with Crippen LogP contribution in [0.3, 0.4) is 0 Å². The van der Waals surface area contributed by atoms with Crippen LogP contribution < -0.4 is 0 Å². The monoisotopic (exact) mass is 149 g/mol. The van der Waals surface area contributed by atoms with Gasteiger partial charge in [-0.05, 0) is 13.8 Å². The molecule has 9 heavy (non-hydrogen) atoms. The highest BCUT2D eigenvalue weighted by Gasteiger charge is 2.37. The van der Waals surface area contributed by atoms with Crippen LogP contribution in [0.4, 0.5) is 0 Å². The summed E-state index contributed by atoms with van der Waals surface area (Å²) in [7, 11) is 0. The van der Waals surface area contributed by atoms with Crippen LogP contribution in [0, 0.1) is 0 Å². The van der Waals surface area contributed by atoms with E-state index < -0.39 is 5.72 Å². The van der Waals surface area contributed by atoms with E-state index in [9.17, 15) is 0 Å². The molecule has 0 aromatic carbocycles. The molecule has 3 nitrogen and oxygen atoms in total. The third-order valence-electron chi connectivity index (χ3n) is 1.42. The van der Waals surface area contributed by atoms with Gasteiger partial charge in [-0.1, -0.05) is 0 Å². The average molecular weight is 149 g/mol. The van der Waals surface area contributed by atoms with Gasteiger partial charge in [-0.25, -0.2) is 0 Å². The average Bonchev–Trinajstić information content (AvgIpc) is 1.97. The smallest absolute Gasteiger partial charge is 0.139 e. The fraction of sp³-hybridized carbons (Fsp3) is 1.00. The molecule has 1 heterocycles. The summed E-state index contributed by atoms with van der Waals surface area (Å²) >= 11 is 4.05. The molecule has 0 radical (unpaired) electrons. The lowest BCUT2D eigenvalue weighted by molar-refractivity contribution is -0.208. The van der Waals surface area contributed by atoms with Crippen molar-refractivity contribution in [2.24, 2.45) is 0 Å². The predicted octanol–water partition coefficient (Wildman–Crippen LogP) is 0.700. The molecule has 0 aromatic rings. The second-order valence-electron chi connectivity index (χ2n) is 2.58. The number of rotatable bonds is 0. The zero-order chi connectivity index (χ0) is 7.07. The first kappa shape index (κ1) is 7.34. The van der Waals surface area contributed by atoms with Gasteiger partial charge in [0.1, 0.15) is 11.1 Å². The summed E-state index contributed by atoms with van der Waals surface area (Å²) in [6.45, 7) is 4.07. The van der Waals surface area contributed by atoms with Crippen LogP contribution in [0.15, 0.2) is 0 Å². The second-order valence-corrected chi connectivity index (χ2v) is 3.18. The number of thiol groups is 1. The molecular formula is C5H11NO2S. The fourth-order valence-corrected chi connectivity index (χ4v) is 1.13. The van der Waals surface area contributed by atoms with Crippen molar-refractivity contribution in [1.82, 2.24) is 5.06 Å². The molecule has 1 aliphatic rings.